The molecule has 0 radical (unpaired) electrons. The molecule has 0 fully saturated rings. The molecule has 0 bridgehead atoms. The van der Waals surface area contributed by atoms with Crippen LogP contribution in [0.3, 0.4) is 0 Å². The van der Waals surface area contributed by atoms with Crippen LogP contribution in [0.5, 0.6) is 0 Å². The fourth-order valence-electron chi connectivity index (χ4n) is 1.83. The molecular weight excluding hydrogens is 274 g/mol. The summed E-state index contributed by atoms with van der Waals surface area (Å²) in [4.78, 5) is 0. The van der Waals surface area contributed by atoms with Gasteiger partial charge in [-0.1, -0.05) is 37.3 Å². The third-order valence-electron chi connectivity index (χ3n) is 2.87. The van der Waals surface area contributed by atoms with E-state index < -0.39 is 9.84 Å². The Hall–Kier alpha value is -0.910. The Labute approximate surface area is 122 Å². The van der Waals surface area contributed by atoms with Crippen molar-refractivity contribution in [1.29, 1.82) is 0 Å². The second-order valence-electron chi connectivity index (χ2n) is 4.78. The summed E-state index contributed by atoms with van der Waals surface area (Å²) in [7, 11) is -2.91. The Kier molecular flexibility index (Phi) is 8.49. The Morgan fingerprint density at radius 3 is 2.55 bits per heavy atom. The summed E-state index contributed by atoms with van der Waals surface area (Å²) in [5, 5.41) is 3.33. The minimum Gasteiger partial charge on any atom is -0.380 e. The van der Waals surface area contributed by atoms with Gasteiger partial charge in [0.25, 0.3) is 0 Å². The predicted octanol–water partition coefficient (Wildman–Crippen LogP) is 2.01. The molecule has 0 aliphatic heterocycles. The lowest BCUT2D eigenvalue weighted by molar-refractivity contribution is 0.146. The molecule has 1 aromatic rings. The third kappa shape index (κ3) is 8.30. The molecule has 0 spiro atoms. The maximum Gasteiger partial charge on any atom is 0.152 e. The average Bonchev–Trinajstić information content (AvgIpc) is 2.43. The van der Waals surface area contributed by atoms with Gasteiger partial charge < -0.3 is 10.1 Å². The van der Waals surface area contributed by atoms with E-state index >= 15 is 0 Å². The number of sulfone groups is 1. The standard InChI is InChI=1S/C15H25NO3S/c1-2-12-20(17,18)13-11-19-10-6-9-16-14-15-7-4-3-5-8-15/h3-5,7-8,16H,2,6,9-14H2,1H3. The van der Waals surface area contributed by atoms with Gasteiger partial charge in [0.15, 0.2) is 9.84 Å². The lowest BCUT2D eigenvalue weighted by Crippen LogP contribution is -2.18. The van der Waals surface area contributed by atoms with Crippen LogP contribution < -0.4 is 5.32 Å². The minimum atomic E-state index is -2.91. The summed E-state index contributed by atoms with van der Waals surface area (Å²) in [6.45, 7) is 4.50. The number of rotatable bonds is 11. The zero-order chi connectivity index (χ0) is 14.7. The van der Waals surface area contributed by atoms with Crippen LogP contribution in [0.4, 0.5) is 0 Å². The molecule has 0 saturated heterocycles. The summed E-state index contributed by atoms with van der Waals surface area (Å²) in [6.07, 6.45) is 1.56. The van der Waals surface area contributed by atoms with Gasteiger partial charge in [-0.15, -0.1) is 0 Å². The number of hydrogen-bond acceptors (Lipinski definition) is 4. The highest BCUT2D eigenvalue weighted by atomic mass is 32.2. The third-order valence-corrected chi connectivity index (χ3v) is 4.69. The van der Waals surface area contributed by atoms with E-state index in [4.69, 9.17) is 4.74 Å². The fraction of sp³-hybridized carbons (Fsp3) is 0.600. The van der Waals surface area contributed by atoms with E-state index in [0.29, 0.717) is 19.6 Å². The second-order valence-corrected chi connectivity index (χ2v) is 7.08. The normalized spacial score (nSPS) is 11.7. The van der Waals surface area contributed by atoms with Crippen LogP contribution in [0.1, 0.15) is 25.3 Å². The predicted molar refractivity (Wildman–Crippen MR) is 82.5 cm³/mol. The maximum absolute atomic E-state index is 11.4. The molecule has 20 heavy (non-hydrogen) atoms. The molecule has 0 aliphatic carbocycles. The molecule has 1 rings (SSSR count). The van der Waals surface area contributed by atoms with Crippen LogP contribution >= 0.6 is 0 Å². The topological polar surface area (TPSA) is 55.4 Å². The van der Waals surface area contributed by atoms with Crippen molar-refractivity contribution >= 4 is 9.84 Å². The fourth-order valence-corrected chi connectivity index (χ4v) is 3.03. The first-order valence-corrected chi connectivity index (χ1v) is 8.99. The SMILES string of the molecule is CCCS(=O)(=O)CCOCCCNCc1ccccc1. The quantitative estimate of drug-likeness (QED) is 0.635. The van der Waals surface area contributed by atoms with E-state index in [1.165, 1.54) is 5.56 Å². The van der Waals surface area contributed by atoms with Crippen LogP contribution in [0, 0.1) is 0 Å². The van der Waals surface area contributed by atoms with Crippen molar-refractivity contribution in [2.75, 3.05) is 31.3 Å². The summed E-state index contributed by atoms with van der Waals surface area (Å²) < 4.78 is 28.2. The highest BCUT2D eigenvalue weighted by Gasteiger charge is 2.08. The number of nitrogens with one attached hydrogen (secondary N) is 1. The minimum absolute atomic E-state index is 0.137. The molecule has 5 heteroatoms. The van der Waals surface area contributed by atoms with Crippen molar-refractivity contribution in [3.63, 3.8) is 0 Å². The van der Waals surface area contributed by atoms with Crippen molar-refractivity contribution in [2.45, 2.75) is 26.3 Å². The van der Waals surface area contributed by atoms with Gasteiger partial charge in [0.2, 0.25) is 0 Å². The van der Waals surface area contributed by atoms with E-state index in [0.717, 1.165) is 19.5 Å². The van der Waals surface area contributed by atoms with Crippen molar-refractivity contribution in [3.05, 3.63) is 35.9 Å². The van der Waals surface area contributed by atoms with Gasteiger partial charge in [-0.05, 0) is 24.9 Å². The highest BCUT2D eigenvalue weighted by Crippen LogP contribution is 1.97. The van der Waals surface area contributed by atoms with Gasteiger partial charge in [0, 0.05) is 18.9 Å². The first kappa shape index (κ1) is 17.1. The molecule has 0 atom stereocenters. The van der Waals surface area contributed by atoms with Gasteiger partial charge in [-0.2, -0.15) is 0 Å². The maximum atomic E-state index is 11.4. The summed E-state index contributed by atoms with van der Waals surface area (Å²) >= 11 is 0. The van der Waals surface area contributed by atoms with Crippen LogP contribution in [0.2, 0.25) is 0 Å². The Balaban J connectivity index is 1.95. The van der Waals surface area contributed by atoms with Crippen molar-refractivity contribution in [1.82, 2.24) is 5.32 Å². The molecule has 1 N–H and O–H groups in total. The Morgan fingerprint density at radius 1 is 1.10 bits per heavy atom. The molecule has 0 saturated carbocycles. The first-order valence-electron chi connectivity index (χ1n) is 7.17. The second kappa shape index (κ2) is 9.91. The molecule has 114 valence electrons. The van der Waals surface area contributed by atoms with Gasteiger partial charge in [-0.3, -0.25) is 0 Å². The summed E-state index contributed by atoms with van der Waals surface area (Å²) in [5.41, 5.74) is 1.26. The molecule has 0 unspecified atom stereocenters. The van der Waals surface area contributed by atoms with Gasteiger partial charge in [0.05, 0.1) is 12.4 Å². The van der Waals surface area contributed by atoms with E-state index in [2.05, 4.69) is 17.4 Å². The van der Waals surface area contributed by atoms with Gasteiger partial charge in [0.1, 0.15) is 0 Å². The van der Waals surface area contributed by atoms with E-state index in [1.54, 1.807) is 0 Å². The van der Waals surface area contributed by atoms with E-state index in [-0.39, 0.29) is 11.5 Å². The van der Waals surface area contributed by atoms with Crippen LogP contribution in [0.25, 0.3) is 0 Å². The van der Waals surface area contributed by atoms with Crippen molar-refractivity contribution in [3.8, 4) is 0 Å². The highest BCUT2D eigenvalue weighted by molar-refractivity contribution is 7.91. The molecular formula is C15H25NO3S. The van der Waals surface area contributed by atoms with Gasteiger partial charge in [-0.25, -0.2) is 8.42 Å². The van der Waals surface area contributed by atoms with Gasteiger partial charge >= 0.3 is 0 Å². The molecule has 0 aliphatic rings. The molecule has 0 heterocycles. The summed E-state index contributed by atoms with van der Waals surface area (Å²) in [6, 6.07) is 10.2. The smallest absolute Gasteiger partial charge is 0.152 e. The average molecular weight is 299 g/mol. The lowest BCUT2D eigenvalue weighted by atomic mass is 10.2. The number of benzene rings is 1. The zero-order valence-corrected chi connectivity index (χ0v) is 13.0. The molecule has 1 aromatic carbocycles. The lowest BCUT2D eigenvalue weighted by Gasteiger charge is -2.06. The Morgan fingerprint density at radius 2 is 1.85 bits per heavy atom. The summed E-state index contributed by atoms with van der Waals surface area (Å²) in [5.74, 6) is 0.396. The Bertz CT molecular complexity index is 445. The molecule has 0 aromatic heterocycles. The van der Waals surface area contributed by atoms with E-state index in [9.17, 15) is 8.42 Å². The zero-order valence-electron chi connectivity index (χ0n) is 12.2. The van der Waals surface area contributed by atoms with Crippen molar-refractivity contribution < 1.29 is 13.2 Å². The largest absolute Gasteiger partial charge is 0.380 e. The van der Waals surface area contributed by atoms with Crippen LogP contribution in [-0.4, -0.2) is 39.7 Å². The van der Waals surface area contributed by atoms with Crippen molar-refractivity contribution in [2.24, 2.45) is 0 Å². The molecule has 4 nitrogen and oxygen atoms in total. The first-order chi connectivity index (χ1) is 9.64. The van der Waals surface area contributed by atoms with Crippen LogP contribution in [-0.2, 0) is 21.1 Å². The van der Waals surface area contributed by atoms with E-state index in [1.807, 2.05) is 25.1 Å². The van der Waals surface area contributed by atoms with Crippen LogP contribution in [0.15, 0.2) is 30.3 Å². The number of ether oxygens (including phenoxy) is 1. The monoisotopic (exact) mass is 299 g/mol. The molecule has 0 amide bonds. The number of hydrogen-bond donors (Lipinski definition) is 1.